The molecule has 1 N–H and O–H groups in total. The van der Waals surface area contributed by atoms with Crippen LogP contribution in [0, 0.1) is 17.8 Å². The van der Waals surface area contributed by atoms with E-state index in [9.17, 15) is 4.79 Å². The predicted molar refractivity (Wildman–Crippen MR) is 107 cm³/mol. The van der Waals surface area contributed by atoms with Gasteiger partial charge in [-0.05, 0) is 61.6 Å². The summed E-state index contributed by atoms with van der Waals surface area (Å²) >= 11 is 12.6. The van der Waals surface area contributed by atoms with E-state index in [2.05, 4.69) is 18.0 Å². The Labute approximate surface area is 165 Å². The van der Waals surface area contributed by atoms with Gasteiger partial charge < -0.3 is 10.2 Å². The molecule has 3 fully saturated rings. The molecule has 2 amide bonds. The maximum absolute atomic E-state index is 12.4. The van der Waals surface area contributed by atoms with Crippen molar-refractivity contribution >= 4 is 29.2 Å². The van der Waals surface area contributed by atoms with Crippen LogP contribution in [-0.4, -0.2) is 30.6 Å². The second kappa shape index (κ2) is 7.09. The molecule has 2 atom stereocenters. The van der Waals surface area contributed by atoms with E-state index in [0.29, 0.717) is 34.3 Å². The number of hydrogen-bond donors (Lipinski definition) is 1. The molecule has 2 unspecified atom stereocenters. The van der Waals surface area contributed by atoms with Crippen molar-refractivity contribution in [2.45, 2.75) is 37.5 Å². The number of urea groups is 1. The number of benzene rings is 1. The highest BCUT2D eigenvalue weighted by Gasteiger charge is 2.52. The van der Waals surface area contributed by atoms with Gasteiger partial charge in [-0.2, -0.15) is 0 Å². The third kappa shape index (κ3) is 3.36. The number of nitrogens with one attached hydrogen (secondary N) is 1. The van der Waals surface area contributed by atoms with Gasteiger partial charge in [0.25, 0.3) is 0 Å². The lowest BCUT2D eigenvalue weighted by Gasteiger charge is -2.46. The highest BCUT2D eigenvalue weighted by atomic mass is 35.5. The number of allylic oxidation sites excluding steroid dienone is 1. The zero-order valence-corrected chi connectivity index (χ0v) is 16.5. The van der Waals surface area contributed by atoms with Crippen LogP contribution in [-0.2, 0) is 5.41 Å². The molecule has 140 valence electrons. The van der Waals surface area contributed by atoms with Crippen molar-refractivity contribution in [2.24, 2.45) is 17.8 Å². The third-order valence-corrected chi connectivity index (χ3v) is 7.12. The van der Waals surface area contributed by atoms with Gasteiger partial charge in [0.05, 0.1) is 10.0 Å². The van der Waals surface area contributed by atoms with E-state index in [0.717, 1.165) is 19.5 Å². The normalized spacial score (nSPS) is 25.5. The smallest absolute Gasteiger partial charge is 0.317 e. The molecule has 0 bridgehead atoms. The summed E-state index contributed by atoms with van der Waals surface area (Å²) in [5.41, 5.74) is 1.20. The minimum Gasteiger partial charge on any atom is -0.338 e. The zero-order chi connectivity index (χ0) is 18.3. The van der Waals surface area contributed by atoms with Gasteiger partial charge in [0, 0.05) is 31.0 Å². The number of carbonyl (C=O) groups excluding carboxylic acids is 1. The SMILES string of the molecule is C=CCC(c1ccc(Cl)c(Cl)c1)(C1CC1)C1CNC(=O)N(CC2CC2)C1. The lowest BCUT2D eigenvalue weighted by Crippen LogP contribution is -2.57. The van der Waals surface area contributed by atoms with Crippen molar-refractivity contribution in [3.63, 3.8) is 0 Å². The summed E-state index contributed by atoms with van der Waals surface area (Å²) in [5.74, 6) is 1.65. The second-order valence-electron chi connectivity index (χ2n) is 8.17. The first-order chi connectivity index (χ1) is 12.5. The lowest BCUT2D eigenvalue weighted by atomic mass is 9.64. The van der Waals surface area contributed by atoms with Crippen molar-refractivity contribution in [1.82, 2.24) is 10.2 Å². The molecule has 3 aliphatic rings. The zero-order valence-electron chi connectivity index (χ0n) is 15.0. The maximum atomic E-state index is 12.4. The van der Waals surface area contributed by atoms with Gasteiger partial charge in [-0.25, -0.2) is 4.79 Å². The molecule has 3 nitrogen and oxygen atoms in total. The van der Waals surface area contributed by atoms with E-state index in [4.69, 9.17) is 23.2 Å². The van der Waals surface area contributed by atoms with Crippen LogP contribution in [0.15, 0.2) is 30.9 Å². The van der Waals surface area contributed by atoms with Gasteiger partial charge in [-0.3, -0.25) is 0 Å². The van der Waals surface area contributed by atoms with Gasteiger partial charge in [-0.1, -0.05) is 35.3 Å². The summed E-state index contributed by atoms with van der Waals surface area (Å²) in [7, 11) is 0. The van der Waals surface area contributed by atoms with Crippen LogP contribution >= 0.6 is 23.2 Å². The van der Waals surface area contributed by atoms with Crippen LogP contribution in [0.4, 0.5) is 4.79 Å². The monoisotopic (exact) mass is 392 g/mol. The Hall–Kier alpha value is -1.19. The average molecular weight is 393 g/mol. The van der Waals surface area contributed by atoms with Crippen molar-refractivity contribution in [1.29, 1.82) is 0 Å². The van der Waals surface area contributed by atoms with Crippen molar-refractivity contribution in [3.8, 4) is 0 Å². The van der Waals surface area contributed by atoms with E-state index in [1.807, 2.05) is 23.1 Å². The predicted octanol–water partition coefficient (Wildman–Crippen LogP) is 5.27. The minimum absolute atomic E-state index is 0.0362. The summed E-state index contributed by atoms with van der Waals surface area (Å²) in [6, 6.07) is 6.15. The van der Waals surface area contributed by atoms with E-state index in [1.165, 1.54) is 31.2 Å². The average Bonchev–Trinajstić information content (AvgIpc) is 3.51. The molecule has 2 saturated carbocycles. The molecule has 1 aromatic carbocycles. The highest BCUT2D eigenvalue weighted by molar-refractivity contribution is 6.42. The maximum Gasteiger partial charge on any atom is 0.317 e. The first-order valence-electron chi connectivity index (χ1n) is 9.63. The summed E-state index contributed by atoms with van der Waals surface area (Å²) in [6.45, 7) is 6.46. The van der Waals surface area contributed by atoms with E-state index in [1.54, 1.807) is 0 Å². The molecule has 5 heteroatoms. The molecule has 0 aromatic heterocycles. The molecule has 26 heavy (non-hydrogen) atoms. The Morgan fingerprint density at radius 3 is 2.58 bits per heavy atom. The molecule has 1 saturated heterocycles. The molecular weight excluding hydrogens is 367 g/mol. The number of halogens is 2. The van der Waals surface area contributed by atoms with E-state index in [-0.39, 0.29) is 11.4 Å². The Kier molecular flexibility index (Phi) is 4.96. The van der Waals surface area contributed by atoms with Crippen molar-refractivity contribution in [2.75, 3.05) is 19.6 Å². The summed E-state index contributed by atoms with van der Waals surface area (Å²) in [6.07, 6.45) is 7.88. The fourth-order valence-electron chi connectivity index (χ4n) is 4.73. The van der Waals surface area contributed by atoms with Gasteiger partial charge in [0.1, 0.15) is 0 Å². The van der Waals surface area contributed by atoms with Gasteiger partial charge in [0.2, 0.25) is 0 Å². The van der Waals surface area contributed by atoms with Crippen LogP contribution in [0.2, 0.25) is 10.0 Å². The standard InChI is InChI=1S/C21H26Cl2N2O/c1-2-9-21(15-5-6-15,16-7-8-18(22)19(23)10-16)17-11-24-20(26)25(13-17)12-14-3-4-14/h2,7-8,10,14-15,17H,1,3-6,9,11-13H2,(H,24,26). The fraction of sp³-hybridized carbons (Fsp3) is 0.571. The van der Waals surface area contributed by atoms with Crippen molar-refractivity contribution < 1.29 is 4.79 Å². The quantitative estimate of drug-likeness (QED) is 0.629. The molecule has 0 radical (unpaired) electrons. The number of rotatable bonds is 7. The Bertz CT molecular complexity index is 714. The highest BCUT2D eigenvalue weighted by Crippen LogP contribution is 2.55. The van der Waals surface area contributed by atoms with Crippen LogP contribution in [0.5, 0.6) is 0 Å². The second-order valence-corrected chi connectivity index (χ2v) is 8.98. The van der Waals surface area contributed by atoms with Crippen LogP contribution in [0.3, 0.4) is 0 Å². The molecule has 4 rings (SSSR count). The molecule has 2 aliphatic carbocycles. The van der Waals surface area contributed by atoms with E-state index >= 15 is 0 Å². The Balaban J connectivity index is 1.69. The first kappa shape index (κ1) is 18.2. The van der Waals surface area contributed by atoms with Gasteiger partial charge >= 0.3 is 6.03 Å². The number of carbonyl (C=O) groups is 1. The van der Waals surface area contributed by atoms with Gasteiger partial charge in [0.15, 0.2) is 0 Å². The molecule has 1 heterocycles. The molecular formula is C21H26Cl2N2O. The molecule has 1 aliphatic heterocycles. The van der Waals surface area contributed by atoms with Crippen LogP contribution in [0.1, 0.15) is 37.7 Å². The van der Waals surface area contributed by atoms with Crippen LogP contribution in [0.25, 0.3) is 0 Å². The fourth-order valence-corrected chi connectivity index (χ4v) is 5.03. The third-order valence-electron chi connectivity index (χ3n) is 6.38. The summed E-state index contributed by atoms with van der Waals surface area (Å²) in [4.78, 5) is 14.4. The van der Waals surface area contributed by atoms with Crippen molar-refractivity contribution in [3.05, 3.63) is 46.5 Å². The number of amides is 2. The van der Waals surface area contributed by atoms with Gasteiger partial charge in [-0.15, -0.1) is 6.58 Å². The van der Waals surface area contributed by atoms with E-state index < -0.39 is 0 Å². The number of hydrogen-bond acceptors (Lipinski definition) is 1. The lowest BCUT2D eigenvalue weighted by molar-refractivity contribution is 0.120. The molecule has 0 spiro atoms. The van der Waals surface area contributed by atoms with Crippen LogP contribution < -0.4 is 5.32 Å². The minimum atomic E-state index is -0.0362. The summed E-state index contributed by atoms with van der Waals surface area (Å²) < 4.78 is 0. The Morgan fingerprint density at radius 1 is 1.19 bits per heavy atom. The Morgan fingerprint density at radius 2 is 1.96 bits per heavy atom. The largest absolute Gasteiger partial charge is 0.338 e. The molecule has 1 aromatic rings. The first-order valence-corrected chi connectivity index (χ1v) is 10.4. The topological polar surface area (TPSA) is 32.3 Å². The number of nitrogens with zero attached hydrogens (tertiary/aromatic N) is 1. The summed E-state index contributed by atoms with van der Waals surface area (Å²) in [5, 5.41) is 4.34.